The number of nitrogens with one attached hydrogen (secondary N) is 1. The van der Waals surface area contributed by atoms with Crippen LogP contribution in [0.3, 0.4) is 0 Å². The molecule has 5 heteroatoms. The van der Waals surface area contributed by atoms with Crippen molar-refractivity contribution in [3.8, 4) is 5.75 Å². The predicted octanol–water partition coefficient (Wildman–Crippen LogP) is 3.04. The van der Waals surface area contributed by atoms with Crippen LogP contribution >= 0.6 is 11.3 Å². The lowest BCUT2D eigenvalue weighted by Gasteiger charge is -2.15. The Hall–Kier alpha value is -1.88. The van der Waals surface area contributed by atoms with Gasteiger partial charge in [-0.1, -0.05) is 13.0 Å². The summed E-state index contributed by atoms with van der Waals surface area (Å²) in [6.45, 7) is 3.85. The minimum absolute atomic E-state index is 0.00601. The number of hydrogen-bond acceptors (Lipinski definition) is 4. The number of nitrogens with zero attached hydrogens (tertiary/aromatic N) is 1. The third-order valence-electron chi connectivity index (χ3n) is 2.86. The summed E-state index contributed by atoms with van der Waals surface area (Å²) in [4.78, 5) is 16.4. The highest BCUT2D eigenvalue weighted by atomic mass is 32.1. The van der Waals surface area contributed by atoms with E-state index in [4.69, 9.17) is 0 Å². The summed E-state index contributed by atoms with van der Waals surface area (Å²) in [5.41, 5.74) is 1.21. The van der Waals surface area contributed by atoms with Crippen LogP contribution in [0.4, 0.5) is 0 Å². The molecule has 1 heterocycles. The van der Waals surface area contributed by atoms with Crippen molar-refractivity contribution in [1.82, 2.24) is 10.3 Å². The second-order valence-corrected chi connectivity index (χ2v) is 5.25. The molecule has 0 aliphatic rings. The number of carbonyl (C=O) groups is 1. The van der Waals surface area contributed by atoms with E-state index < -0.39 is 0 Å². The summed E-state index contributed by atoms with van der Waals surface area (Å²) in [5, 5.41) is 15.5. The van der Waals surface area contributed by atoms with E-state index in [2.05, 4.69) is 10.3 Å². The van der Waals surface area contributed by atoms with Crippen LogP contribution in [0.2, 0.25) is 0 Å². The first-order chi connectivity index (χ1) is 9.11. The Balaban J connectivity index is 2.16. The number of carbonyl (C=O) groups excluding carboxylic acids is 1. The molecule has 1 unspecified atom stereocenters. The first kappa shape index (κ1) is 13.5. The monoisotopic (exact) mass is 276 g/mol. The smallest absolute Gasteiger partial charge is 0.255 e. The van der Waals surface area contributed by atoms with Crippen LogP contribution in [0.25, 0.3) is 0 Å². The number of thiazole rings is 1. The van der Waals surface area contributed by atoms with Crippen molar-refractivity contribution in [2.24, 2.45) is 0 Å². The molecule has 1 amide bonds. The van der Waals surface area contributed by atoms with E-state index in [1.54, 1.807) is 24.4 Å². The van der Waals surface area contributed by atoms with Crippen LogP contribution in [-0.4, -0.2) is 16.0 Å². The molecule has 0 radical (unpaired) electrons. The second kappa shape index (κ2) is 5.84. The van der Waals surface area contributed by atoms with Gasteiger partial charge in [0.25, 0.3) is 5.91 Å². The number of amides is 1. The molecule has 2 N–H and O–H groups in total. The average molecular weight is 276 g/mol. The van der Waals surface area contributed by atoms with Gasteiger partial charge in [0, 0.05) is 11.6 Å². The number of rotatable bonds is 4. The first-order valence-corrected chi connectivity index (χ1v) is 6.99. The van der Waals surface area contributed by atoms with Crippen LogP contribution in [0.15, 0.2) is 29.8 Å². The zero-order chi connectivity index (χ0) is 13.8. The Kier molecular flexibility index (Phi) is 4.16. The number of hydrogen-bond donors (Lipinski definition) is 2. The van der Waals surface area contributed by atoms with E-state index in [0.717, 1.165) is 17.0 Å². The van der Waals surface area contributed by atoms with Crippen molar-refractivity contribution in [2.45, 2.75) is 26.3 Å². The van der Waals surface area contributed by atoms with Gasteiger partial charge in [-0.3, -0.25) is 4.79 Å². The van der Waals surface area contributed by atoms with Crippen LogP contribution < -0.4 is 5.32 Å². The molecule has 100 valence electrons. The van der Waals surface area contributed by atoms with Crippen molar-refractivity contribution in [3.05, 3.63) is 45.9 Å². The van der Waals surface area contributed by atoms with E-state index in [1.165, 1.54) is 11.3 Å². The van der Waals surface area contributed by atoms with Gasteiger partial charge in [-0.05, 0) is 31.0 Å². The van der Waals surface area contributed by atoms with Gasteiger partial charge in [0.1, 0.15) is 10.8 Å². The summed E-state index contributed by atoms with van der Waals surface area (Å²) < 4.78 is 0. The van der Waals surface area contributed by atoms with E-state index >= 15 is 0 Å². The predicted molar refractivity (Wildman–Crippen MR) is 75.5 cm³/mol. The Morgan fingerprint density at radius 3 is 2.89 bits per heavy atom. The first-order valence-electron chi connectivity index (χ1n) is 6.11. The highest BCUT2D eigenvalue weighted by Crippen LogP contribution is 2.22. The Morgan fingerprint density at radius 2 is 2.32 bits per heavy atom. The summed E-state index contributed by atoms with van der Waals surface area (Å²) in [5.74, 6) is -0.272. The van der Waals surface area contributed by atoms with Crippen LogP contribution in [0.1, 0.15) is 40.3 Å². The van der Waals surface area contributed by atoms with Crippen molar-refractivity contribution in [3.63, 3.8) is 0 Å². The van der Waals surface area contributed by atoms with Gasteiger partial charge in [-0.2, -0.15) is 0 Å². The molecular formula is C14H16N2O2S. The third kappa shape index (κ3) is 3.12. The molecule has 1 aromatic carbocycles. The summed E-state index contributed by atoms with van der Waals surface area (Å²) in [6.07, 6.45) is 2.48. The maximum absolute atomic E-state index is 12.1. The normalized spacial score (nSPS) is 12.1. The van der Waals surface area contributed by atoms with Gasteiger partial charge in [-0.15, -0.1) is 11.3 Å². The highest BCUT2D eigenvalue weighted by Gasteiger charge is 2.18. The maximum Gasteiger partial charge on any atom is 0.255 e. The number of aromatic hydroxyl groups is 1. The van der Waals surface area contributed by atoms with Gasteiger partial charge in [0.05, 0.1) is 11.6 Å². The summed E-state index contributed by atoms with van der Waals surface area (Å²) in [7, 11) is 0. The molecule has 2 rings (SSSR count). The molecule has 0 bridgehead atoms. The zero-order valence-corrected chi connectivity index (χ0v) is 11.7. The van der Waals surface area contributed by atoms with E-state index in [1.807, 2.05) is 19.2 Å². The molecule has 4 nitrogen and oxygen atoms in total. The maximum atomic E-state index is 12.1. The van der Waals surface area contributed by atoms with Gasteiger partial charge in [0.15, 0.2) is 0 Å². The Bertz CT molecular complexity index is 567. The molecule has 0 spiro atoms. The number of phenolic OH excluding ortho intramolecular Hbond substituents is 1. The van der Waals surface area contributed by atoms with E-state index in [9.17, 15) is 9.90 Å². The van der Waals surface area contributed by atoms with E-state index in [-0.39, 0.29) is 17.7 Å². The second-order valence-electron chi connectivity index (χ2n) is 4.33. The van der Waals surface area contributed by atoms with Gasteiger partial charge < -0.3 is 10.4 Å². The summed E-state index contributed by atoms with van der Waals surface area (Å²) >= 11 is 1.51. The molecule has 0 saturated carbocycles. The Labute approximate surface area is 116 Å². The molecule has 2 aromatic rings. The lowest BCUT2D eigenvalue weighted by molar-refractivity contribution is 0.0933. The number of aryl methyl sites for hydroxylation is 1. The lowest BCUT2D eigenvalue weighted by Crippen LogP contribution is -2.28. The number of benzene rings is 1. The van der Waals surface area contributed by atoms with Gasteiger partial charge >= 0.3 is 0 Å². The molecular weight excluding hydrogens is 260 g/mol. The van der Waals surface area contributed by atoms with Crippen molar-refractivity contribution < 1.29 is 9.90 Å². The van der Waals surface area contributed by atoms with Crippen LogP contribution in [-0.2, 0) is 0 Å². The minimum Gasteiger partial charge on any atom is -0.507 e. The highest BCUT2D eigenvalue weighted by molar-refractivity contribution is 7.09. The van der Waals surface area contributed by atoms with Gasteiger partial charge in [-0.25, -0.2) is 4.98 Å². The molecule has 1 aromatic heterocycles. The average Bonchev–Trinajstić information content (AvgIpc) is 2.89. The van der Waals surface area contributed by atoms with Crippen molar-refractivity contribution in [1.29, 1.82) is 0 Å². The standard InChI is InChI=1S/C14H16N2O2S/c1-3-11(14-15-6-7-19-14)16-13(18)10-5-4-9(2)8-12(10)17/h4-8,11,17H,3H2,1-2H3,(H,16,18). The topological polar surface area (TPSA) is 62.2 Å². The molecule has 0 fully saturated rings. The minimum atomic E-state index is -0.278. The molecule has 0 saturated heterocycles. The molecule has 0 aliphatic heterocycles. The number of aromatic nitrogens is 1. The van der Waals surface area contributed by atoms with Crippen LogP contribution in [0, 0.1) is 6.92 Å². The molecule has 1 atom stereocenters. The Morgan fingerprint density at radius 1 is 1.53 bits per heavy atom. The summed E-state index contributed by atoms with van der Waals surface area (Å²) in [6, 6.07) is 4.90. The fourth-order valence-electron chi connectivity index (χ4n) is 1.81. The fraction of sp³-hybridized carbons (Fsp3) is 0.286. The molecule has 19 heavy (non-hydrogen) atoms. The SMILES string of the molecule is CCC(NC(=O)c1ccc(C)cc1O)c1nccs1. The van der Waals surface area contributed by atoms with Crippen molar-refractivity contribution in [2.75, 3.05) is 0 Å². The zero-order valence-electron chi connectivity index (χ0n) is 10.9. The fourth-order valence-corrected chi connectivity index (χ4v) is 2.59. The van der Waals surface area contributed by atoms with Crippen molar-refractivity contribution >= 4 is 17.2 Å². The largest absolute Gasteiger partial charge is 0.507 e. The lowest BCUT2D eigenvalue weighted by atomic mass is 10.1. The molecule has 0 aliphatic carbocycles. The van der Waals surface area contributed by atoms with Crippen LogP contribution in [0.5, 0.6) is 5.75 Å². The van der Waals surface area contributed by atoms with Gasteiger partial charge in [0.2, 0.25) is 0 Å². The van der Waals surface area contributed by atoms with E-state index in [0.29, 0.717) is 5.56 Å². The third-order valence-corrected chi connectivity index (χ3v) is 3.75. The number of phenols is 1. The quantitative estimate of drug-likeness (QED) is 0.902.